The average molecular weight is 276 g/mol. The molecule has 0 bridgehead atoms. The van der Waals surface area contributed by atoms with Crippen molar-refractivity contribution in [2.45, 2.75) is 59.5 Å². The number of nitrogens with one attached hydrogen (secondary N) is 1. The Labute approximate surface area is 122 Å². The lowest BCUT2D eigenvalue weighted by molar-refractivity contribution is -0.124. The molecule has 0 unspecified atom stereocenters. The summed E-state index contributed by atoms with van der Waals surface area (Å²) in [5.74, 6) is -0.0996. The molecule has 20 heavy (non-hydrogen) atoms. The number of benzene rings is 1. The van der Waals surface area contributed by atoms with Crippen molar-refractivity contribution in [2.75, 3.05) is 0 Å². The minimum Gasteiger partial charge on any atom is -0.351 e. The van der Waals surface area contributed by atoms with E-state index in [-0.39, 0.29) is 16.7 Å². The van der Waals surface area contributed by atoms with Gasteiger partial charge in [-0.1, -0.05) is 65.8 Å². The van der Waals surface area contributed by atoms with Gasteiger partial charge < -0.3 is 11.1 Å². The van der Waals surface area contributed by atoms with Crippen molar-refractivity contribution in [3.05, 3.63) is 35.4 Å². The Morgan fingerprint density at radius 1 is 1.10 bits per heavy atom. The predicted octanol–water partition coefficient (Wildman–Crippen LogP) is 2.97. The number of amides is 1. The molecular weight excluding hydrogens is 248 g/mol. The third kappa shape index (κ3) is 4.64. The van der Waals surface area contributed by atoms with Gasteiger partial charge in [-0.05, 0) is 22.0 Å². The summed E-state index contributed by atoms with van der Waals surface area (Å²) < 4.78 is 0. The van der Waals surface area contributed by atoms with Crippen LogP contribution in [-0.4, -0.2) is 11.9 Å². The summed E-state index contributed by atoms with van der Waals surface area (Å²) in [5, 5.41) is 2.90. The maximum Gasteiger partial charge on any atom is 0.237 e. The Morgan fingerprint density at radius 2 is 1.60 bits per heavy atom. The van der Waals surface area contributed by atoms with E-state index < -0.39 is 6.04 Å². The summed E-state index contributed by atoms with van der Waals surface area (Å²) in [7, 11) is 0. The second-order valence-electron chi connectivity index (χ2n) is 7.51. The van der Waals surface area contributed by atoms with Crippen LogP contribution in [-0.2, 0) is 16.8 Å². The van der Waals surface area contributed by atoms with Gasteiger partial charge in [0.1, 0.15) is 0 Å². The van der Waals surface area contributed by atoms with Crippen LogP contribution in [0.25, 0.3) is 0 Å². The molecular formula is C17H28N2O. The van der Waals surface area contributed by atoms with Gasteiger partial charge in [0.2, 0.25) is 5.91 Å². The zero-order valence-corrected chi connectivity index (χ0v) is 13.6. The predicted molar refractivity (Wildman–Crippen MR) is 84.4 cm³/mol. The Bertz CT molecular complexity index is 449. The number of hydrogen-bond donors (Lipinski definition) is 2. The van der Waals surface area contributed by atoms with E-state index in [0.717, 1.165) is 5.56 Å². The molecule has 0 aliphatic carbocycles. The summed E-state index contributed by atoms with van der Waals surface area (Å²) in [6.45, 7) is 13.0. The lowest BCUT2D eigenvalue weighted by atomic mass is 9.86. The molecule has 0 aliphatic rings. The fraction of sp³-hybridized carbons (Fsp3) is 0.588. The smallest absolute Gasteiger partial charge is 0.237 e. The molecule has 1 aromatic rings. The Kier molecular flexibility index (Phi) is 4.98. The third-order valence-electron chi connectivity index (χ3n) is 3.50. The molecule has 3 heteroatoms. The molecule has 1 rings (SSSR count). The first kappa shape index (κ1) is 16.7. The Hall–Kier alpha value is -1.35. The molecule has 0 fully saturated rings. The first-order valence-corrected chi connectivity index (χ1v) is 7.14. The van der Waals surface area contributed by atoms with Crippen molar-refractivity contribution >= 4 is 5.91 Å². The van der Waals surface area contributed by atoms with Gasteiger partial charge >= 0.3 is 0 Å². The van der Waals surface area contributed by atoms with Crippen molar-refractivity contribution in [3.63, 3.8) is 0 Å². The van der Waals surface area contributed by atoms with Gasteiger partial charge in [0, 0.05) is 6.54 Å². The highest BCUT2D eigenvalue weighted by atomic mass is 16.2. The molecule has 3 N–H and O–H groups in total. The molecule has 112 valence electrons. The molecule has 1 aromatic carbocycles. The van der Waals surface area contributed by atoms with E-state index in [9.17, 15) is 4.79 Å². The summed E-state index contributed by atoms with van der Waals surface area (Å²) >= 11 is 0. The van der Waals surface area contributed by atoms with E-state index in [2.05, 4.69) is 50.4 Å². The third-order valence-corrected chi connectivity index (χ3v) is 3.50. The van der Waals surface area contributed by atoms with E-state index in [4.69, 9.17) is 5.73 Å². The summed E-state index contributed by atoms with van der Waals surface area (Å²) in [6.07, 6.45) is 0. The Balaban J connectivity index is 2.61. The standard InChI is InChI=1S/C17H28N2O/c1-16(2,3)13-9-7-12(8-10-13)11-19-15(20)14(18)17(4,5)6/h7-10,14H,11,18H2,1-6H3,(H,19,20)/t14-/m1/s1. The second kappa shape index (κ2) is 5.96. The van der Waals surface area contributed by atoms with Crippen LogP contribution < -0.4 is 11.1 Å². The largest absolute Gasteiger partial charge is 0.351 e. The lowest BCUT2D eigenvalue weighted by Gasteiger charge is -2.26. The topological polar surface area (TPSA) is 55.1 Å². The SMILES string of the molecule is CC(C)(C)c1ccc(CNC(=O)[C@@H](N)C(C)(C)C)cc1. The van der Waals surface area contributed by atoms with Crippen molar-refractivity contribution in [2.24, 2.45) is 11.1 Å². The number of nitrogens with two attached hydrogens (primary N) is 1. The first-order chi connectivity index (χ1) is 9.01. The average Bonchev–Trinajstić information content (AvgIpc) is 2.33. The van der Waals surface area contributed by atoms with Crippen molar-refractivity contribution in [3.8, 4) is 0 Å². The zero-order chi connectivity index (χ0) is 15.6. The minimum atomic E-state index is -0.489. The van der Waals surface area contributed by atoms with E-state index >= 15 is 0 Å². The van der Waals surface area contributed by atoms with E-state index in [1.165, 1.54) is 5.56 Å². The number of rotatable bonds is 3. The quantitative estimate of drug-likeness (QED) is 0.891. The van der Waals surface area contributed by atoms with Gasteiger partial charge in [-0.15, -0.1) is 0 Å². The van der Waals surface area contributed by atoms with Crippen LogP contribution >= 0.6 is 0 Å². The number of carbonyl (C=O) groups is 1. The molecule has 0 radical (unpaired) electrons. The van der Waals surface area contributed by atoms with Crippen LogP contribution in [0.5, 0.6) is 0 Å². The normalized spacial score (nSPS) is 13.9. The minimum absolute atomic E-state index is 0.0996. The maximum atomic E-state index is 12.0. The molecule has 1 atom stereocenters. The van der Waals surface area contributed by atoms with Crippen molar-refractivity contribution in [1.82, 2.24) is 5.32 Å². The highest BCUT2D eigenvalue weighted by molar-refractivity contribution is 5.82. The van der Waals surface area contributed by atoms with E-state index in [0.29, 0.717) is 6.54 Å². The monoisotopic (exact) mass is 276 g/mol. The summed E-state index contributed by atoms with van der Waals surface area (Å²) in [5.41, 5.74) is 8.24. The maximum absolute atomic E-state index is 12.0. The molecule has 0 saturated carbocycles. The molecule has 0 spiro atoms. The van der Waals surface area contributed by atoms with Crippen LogP contribution in [0.2, 0.25) is 0 Å². The van der Waals surface area contributed by atoms with Gasteiger partial charge in [0.05, 0.1) is 6.04 Å². The first-order valence-electron chi connectivity index (χ1n) is 7.14. The molecule has 0 saturated heterocycles. The number of hydrogen-bond acceptors (Lipinski definition) is 2. The van der Waals surface area contributed by atoms with Crippen LogP contribution in [0.1, 0.15) is 52.7 Å². The molecule has 0 aliphatic heterocycles. The van der Waals surface area contributed by atoms with Crippen LogP contribution in [0, 0.1) is 5.41 Å². The second-order valence-corrected chi connectivity index (χ2v) is 7.51. The van der Waals surface area contributed by atoms with Crippen molar-refractivity contribution in [1.29, 1.82) is 0 Å². The molecule has 0 heterocycles. The van der Waals surface area contributed by atoms with Gasteiger partial charge in [0.25, 0.3) is 0 Å². The molecule has 3 nitrogen and oxygen atoms in total. The van der Waals surface area contributed by atoms with Crippen LogP contribution in [0.15, 0.2) is 24.3 Å². The fourth-order valence-electron chi connectivity index (χ4n) is 1.82. The molecule has 0 aromatic heterocycles. The summed E-state index contributed by atoms with van der Waals surface area (Å²) in [6, 6.07) is 7.86. The van der Waals surface area contributed by atoms with E-state index in [1.54, 1.807) is 0 Å². The number of carbonyl (C=O) groups excluding carboxylic acids is 1. The van der Waals surface area contributed by atoms with Crippen molar-refractivity contribution < 1.29 is 4.79 Å². The highest BCUT2D eigenvalue weighted by Gasteiger charge is 2.27. The van der Waals surface area contributed by atoms with Gasteiger partial charge in [-0.2, -0.15) is 0 Å². The Morgan fingerprint density at radius 3 is 2.00 bits per heavy atom. The van der Waals surface area contributed by atoms with E-state index in [1.807, 2.05) is 20.8 Å². The van der Waals surface area contributed by atoms with Gasteiger partial charge in [0.15, 0.2) is 0 Å². The van der Waals surface area contributed by atoms with Gasteiger partial charge in [-0.3, -0.25) is 4.79 Å². The lowest BCUT2D eigenvalue weighted by Crippen LogP contribution is -2.48. The van der Waals surface area contributed by atoms with Crippen LogP contribution in [0.3, 0.4) is 0 Å². The molecule has 1 amide bonds. The highest BCUT2D eigenvalue weighted by Crippen LogP contribution is 2.22. The zero-order valence-electron chi connectivity index (χ0n) is 13.6. The summed E-state index contributed by atoms with van der Waals surface area (Å²) in [4.78, 5) is 12.0. The van der Waals surface area contributed by atoms with Gasteiger partial charge in [-0.25, -0.2) is 0 Å². The fourth-order valence-corrected chi connectivity index (χ4v) is 1.82. The van der Waals surface area contributed by atoms with Crippen LogP contribution in [0.4, 0.5) is 0 Å².